The van der Waals surface area contributed by atoms with Crippen molar-refractivity contribution in [3.05, 3.63) is 34.3 Å². The van der Waals surface area contributed by atoms with E-state index in [-0.39, 0.29) is 11.9 Å². The van der Waals surface area contributed by atoms with E-state index in [9.17, 15) is 9.59 Å². The summed E-state index contributed by atoms with van der Waals surface area (Å²) in [6.07, 6.45) is 2.27. The van der Waals surface area contributed by atoms with Gasteiger partial charge in [0, 0.05) is 17.1 Å². The lowest BCUT2D eigenvalue weighted by molar-refractivity contribution is -0.143. The SMILES string of the molecule is C[C@H](CN(C(=O)Cc1ccccc1Br)C1CC1)C(=O)O. The normalized spacial score (nSPS) is 15.7. The number of rotatable bonds is 6. The van der Waals surface area contributed by atoms with Crippen molar-refractivity contribution in [2.75, 3.05) is 6.54 Å². The first-order chi connectivity index (χ1) is 9.49. The Kier molecular flexibility index (Phi) is 4.81. The second kappa shape index (κ2) is 6.39. The predicted molar refractivity (Wildman–Crippen MR) is 79.4 cm³/mol. The van der Waals surface area contributed by atoms with Gasteiger partial charge in [-0.15, -0.1) is 0 Å². The number of halogens is 1. The lowest BCUT2D eigenvalue weighted by atomic mass is 10.1. The van der Waals surface area contributed by atoms with Crippen molar-refractivity contribution >= 4 is 27.8 Å². The summed E-state index contributed by atoms with van der Waals surface area (Å²) in [6, 6.07) is 7.85. The number of hydrogen-bond donors (Lipinski definition) is 1. The van der Waals surface area contributed by atoms with Crippen molar-refractivity contribution in [1.82, 2.24) is 4.90 Å². The molecule has 1 saturated carbocycles. The van der Waals surface area contributed by atoms with Gasteiger partial charge in [0.15, 0.2) is 0 Å². The molecular weight excluding hydrogens is 322 g/mol. The fraction of sp³-hybridized carbons (Fsp3) is 0.467. The molecule has 0 heterocycles. The van der Waals surface area contributed by atoms with Gasteiger partial charge in [0.05, 0.1) is 12.3 Å². The zero-order valence-corrected chi connectivity index (χ0v) is 13.0. The van der Waals surface area contributed by atoms with Crippen LogP contribution in [0.3, 0.4) is 0 Å². The van der Waals surface area contributed by atoms with Crippen LogP contribution < -0.4 is 0 Å². The molecule has 1 fully saturated rings. The van der Waals surface area contributed by atoms with Gasteiger partial charge in [0.2, 0.25) is 5.91 Å². The van der Waals surface area contributed by atoms with Gasteiger partial charge in [-0.25, -0.2) is 0 Å². The fourth-order valence-electron chi connectivity index (χ4n) is 2.12. The smallest absolute Gasteiger partial charge is 0.308 e. The van der Waals surface area contributed by atoms with Crippen LogP contribution in [0.4, 0.5) is 0 Å². The molecular formula is C15H18BrNO3. The van der Waals surface area contributed by atoms with E-state index in [4.69, 9.17) is 5.11 Å². The third-order valence-corrected chi connectivity index (χ3v) is 4.27. The van der Waals surface area contributed by atoms with Crippen molar-refractivity contribution in [3.63, 3.8) is 0 Å². The monoisotopic (exact) mass is 339 g/mol. The average Bonchev–Trinajstić information content (AvgIpc) is 3.22. The summed E-state index contributed by atoms with van der Waals surface area (Å²) in [5, 5.41) is 9.00. The van der Waals surface area contributed by atoms with Gasteiger partial charge < -0.3 is 10.0 Å². The van der Waals surface area contributed by atoms with Gasteiger partial charge in [-0.05, 0) is 24.5 Å². The van der Waals surface area contributed by atoms with Gasteiger partial charge in [0.25, 0.3) is 0 Å². The number of carboxylic acid groups (broad SMARTS) is 1. The summed E-state index contributed by atoms with van der Waals surface area (Å²) in [6.45, 7) is 1.94. The summed E-state index contributed by atoms with van der Waals surface area (Å²) in [4.78, 5) is 25.1. The Morgan fingerprint density at radius 1 is 1.40 bits per heavy atom. The Balaban J connectivity index is 2.04. The van der Waals surface area contributed by atoms with Gasteiger partial charge in [-0.1, -0.05) is 41.1 Å². The van der Waals surface area contributed by atoms with Crippen LogP contribution in [0, 0.1) is 5.92 Å². The molecule has 108 valence electrons. The minimum absolute atomic E-state index is 0.00694. The number of benzene rings is 1. The zero-order chi connectivity index (χ0) is 14.7. The van der Waals surface area contributed by atoms with Crippen molar-refractivity contribution in [2.24, 2.45) is 5.92 Å². The van der Waals surface area contributed by atoms with E-state index in [1.54, 1.807) is 11.8 Å². The third-order valence-electron chi connectivity index (χ3n) is 3.50. The maximum absolute atomic E-state index is 12.4. The molecule has 2 rings (SSSR count). The van der Waals surface area contributed by atoms with Crippen LogP contribution in [0.25, 0.3) is 0 Å². The molecule has 1 aliphatic carbocycles. The summed E-state index contributed by atoms with van der Waals surface area (Å²) in [7, 11) is 0. The maximum Gasteiger partial charge on any atom is 0.308 e. The predicted octanol–water partition coefficient (Wildman–Crippen LogP) is 2.70. The number of hydrogen-bond acceptors (Lipinski definition) is 2. The summed E-state index contributed by atoms with van der Waals surface area (Å²) < 4.78 is 0.912. The molecule has 1 aromatic carbocycles. The molecule has 0 saturated heterocycles. The second-order valence-corrected chi connectivity index (χ2v) is 6.14. The first-order valence-electron chi connectivity index (χ1n) is 6.74. The number of carbonyl (C=O) groups excluding carboxylic acids is 1. The van der Waals surface area contributed by atoms with Crippen LogP contribution in [0.1, 0.15) is 25.3 Å². The minimum atomic E-state index is -0.857. The molecule has 0 bridgehead atoms. The molecule has 4 nitrogen and oxygen atoms in total. The van der Waals surface area contributed by atoms with E-state index in [2.05, 4.69) is 15.9 Å². The molecule has 1 amide bonds. The highest BCUT2D eigenvalue weighted by atomic mass is 79.9. The van der Waals surface area contributed by atoms with E-state index in [0.29, 0.717) is 13.0 Å². The molecule has 1 aromatic rings. The zero-order valence-electron chi connectivity index (χ0n) is 11.4. The topological polar surface area (TPSA) is 57.6 Å². The van der Waals surface area contributed by atoms with E-state index in [1.165, 1.54) is 0 Å². The fourth-order valence-corrected chi connectivity index (χ4v) is 2.55. The van der Waals surface area contributed by atoms with Gasteiger partial charge in [-0.2, -0.15) is 0 Å². The van der Waals surface area contributed by atoms with Crippen LogP contribution in [0.2, 0.25) is 0 Å². The van der Waals surface area contributed by atoms with Crippen LogP contribution >= 0.6 is 15.9 Å². The Morgan fingerprint density at radius 3 is 2.60 bits per heavy atom. The summed E-state index contributed by atoms with van der Waals surface area (Å²) in [5.74, 6) is -1.38. The number of aliphatic carboxylic acids is 1. The third kappa shape index (κ3) is 3.82. The van der Waals surface area contributed by atoms with Gasteiger partial charge in [0.1, 0.15) is 0 Å². The van der Waals surface area contributed by atoms with Crippen molar-refractivity contribution in [2.45, 2.75) is 32.2 Å². The average molecular weight is 340 g/mol. The van der Waals surface area contributed by atoms with E-state index < -0.39 is 11.9 Å². The van der Waals surface area contributed by atoms with Gasteiger partial charge >= 0.3 is 5.97 Å². The van der Waals surface area contributed by atoms with Gasteiger partial charge in [-0.3, -0.25) is 9.59 Å². The van der Waals surface area contributed by atoms with Crippen LogP contribution in [0.15, 0.2) is 28.7 Å². The second-order valence-electron chi connectivity index (χ2n) is 5.28. The van der Waals surface area contributed by atoms with E-state index in [1.807, 2.05) is 24.3 Å². The number of carbonyl (C=O) groups is 2. The number of nitrogens with zero attached hydrogens (tertiary/aromatic N) is 1. The van der Waals surface area contributed by atoms with Crippen LogP contribution in [0.5, 0.6) is 0 Å². The standard InChI is InChI=1S/C15H18BrNO3/c1-10(15(19)20)9-17(12-6-7-12)14(18)8-11-4-2-3-5-13(11)16/h2-5,10,12H,6-9H2,1H3,(H,19,20)/t10-/m1/s1. The molecule has 1 N–H and O–H groups in total. The summed E-state index contributed by atoms with van der Waals surface area (Å²) >= 11 is 3.44. The lowest BCUT2D eigenvalue weighted by Gasteiger charge is -2.24. The van der Waals surface area contributed by atoms with Crippen molar-refractivity contribution in [1.29, 1.82) is 0 Å². The lowest BCUT2D eigenvalue weighted by Crippen LogP contribution is -2.39. The first kappa shape index (κ1) is 15.0. The number of carboxylic acids is 1. The molecule has 5 heteroatoms. The highest BCUT2D eigenvalue weighted by Gasteiger charge is 2.34. The van der Waals surface area contributed by atoms with Crippen molar-refractivity contribution in [3.8, 4) is 0 Å². The molecule has 1 aliphatic rings. The molecule has 0 spiro atoms. The Labute approximate surface area is 126 Å². The molecule has 20 heavy (non-hydrogen) atoms. The molecule has 1 atom stereocenters. The minimum Gasteiger partial charge on any atom is -0.481 e. The highest BCUT2D eigenvalue weighted by Crippen LogP contribution is 2.29. The summed E-state index contributed by atoms with van der Waals surface area (Å²) in [5.41, 5.74) is 0.936. The first-order valence-corrected chi connectivity index (χ1v) is 7.54. The van der Waals surface area contributed by atoms with E-state index in [0.717, 1.165) is 22.9 Å². The molecule has 0 aromatic heterocycles. The maximum atomic E-state index is 12.4. The molecule has 0 aliphatic heterocycles. The Hall–Kier alpha value is -1.36. The Morgan fingerprint density at radius 2 is 2.05 bits per heavy atom. The number of amides is 1. The van der Waals surface area contributed by atoms with Crippen molar-refractivity contribution < 1.29 is 14.7 Å². The largest absolute Gasteiger partial charge is 0.481 e. The molecule has 0 unspecified atom stereocenters. The van der Waals surface area contributed by atoms with Crippen LogP contribution in [-0.4, -0.2) is 34.5 Å². The quantitative estimate of drug-likeness (QED) is 0.866. The Bertz CT molecular complexity index is 514. The highest BCUT2D eigenvalue weighted by molar-refractivity contribution is 9.10. The van der Waals surface area contributed by atoms with E-state index >= 15 is 0 Å². The van der Waals surface area contributed by atoms with Crippen LogP contribution in [-0.2, 0) is 16.0 Å². The molecule has 0 radical (unpaired) electrons.